The quantitative estimate of drug-likeness (QED) is 0.556. The SMILES string of the molecule is C[C@@H](CC(=O)c1ncnc(N)c1CN)c1cc(C2=Nc3cnc(C(C)(C)C)nc3C2)no1. The summed E-state index contributed by atoms with van der Waals surface area (Å²) in [6, 6.07) is 1.82. The van der Waals surface area contributed by atoms with E-state index in [0.29, 0.717) is 23.4 Å². The highest BCUT2D eigenvalue weighted by Gasteiger charge is 2.26. The first-order chi connectivity index (χ1) is 15.2. The first-order valence-corrected chi connectivity index (χ1v) is 10.4. The Bertz CT molecular complexity index is 1210. The minimum Gasteiger partial charge on any atom is -0.383 e. The first kappa shape index (κ1) is 21.7. The van der Waals surface area contributed by atoms with Crippen molar-refractivity contribution in [3.05, 3.63) is 52.8 Å². The van der Waals surface area contributed by atoms with Gasteiger partial charge in [-0.3, -0.25) is 4.79 Å². The lowest BCUT2D eigenvalue weighted by molar-refractivity contribution is 0.0965. The lowest BCUT2D eigenvalue weighted by Crippen LogP contribution is -2.16. The second-order valence-electron chi connectivity index (χ2n) is 8.94. The highest BCUT2D eigenvalue weighted by atomic mass is 16.5. The van der Waals surface area contributed by atoms with E-state index in [4.69, 9.17) is 16.0 Å². The van der Waals surface area contributed by atoms with E-state index in [-0.39, 0.29) is 41.6 Å². The summed E-state index contributed by atoms with van der Waals surface area (Å²) < 4.78 is 5.53. The maximum Gasteiger partial charge on any atom is 0.182 e. The second-order valence-corrected chi connectivity index (χ2v) is 8.94. The fourth-order valence-corrected chi connectivity index (χ4v) is 3.49. The number of hydrogen-bond donors (Lipinski definition) is 2. The summed E-state index contributed by atoms with van der Waals surface area (Å²) in [4.78, 5) is 34.5. The molecular formula is C22H26N8O2. The Labute approximate surface area is 185 Å². The van der Waals surface area contributed by atoms with Crippen molar-refractivity contribution in [1.29, 1.82) is 0 Å². The van der Waals surface area contributed by atoms with Crippen LogP contribution in [-0.2, 0) is 18.4 Å². The Hall–Kier alpha value is -3.53. The summed E-state index contributed by atoms with van der Waals surface area (Å²) in [6.07, 6.45) is 3.75. The van der Waals surface area contributed by atoms with Crippen LogP contribution in [0, 0.1) is 0 Å². The van der Waals surface area contributed by atoms with Gasteiger partial charge in [0.2, 0.25) is 0 Å². The molecule has 0 saturated heterocycles. The van der Waals surface area contributed by atoms with Gasteiger partial charge in [-0.05, 0) is 0 Å². The maximum absolute atomic E-state index is 12.8. The van der Waals surface area contributed by atoms with Gasteiger partial charge in [-0.25, -0.2) is 24.9 Å². The van der Waals surface area contributed by atoms with E-state index >= 15 is 0 Å². The number of ketones is 1. The number of nitrogen functional groups attached to an aromatic ring is 1. The average molecular weight is 435 g/mol. The molecule has 0 amide bonds. The third kappa shape index (κ3) is 4.13. The zero-order valence-electron chi connectivity index (χ0n) is 18.6. The van der Waals surface area contributed by atoms with Crippen molar-refractivity contribution in [1.82, 2.24) is 25.1 Å². The molecule has 0 fully saturated rings. The lowest BCUT2D eigenvalue weighted by atomic mass is 9.95. The number of aliphatic imine (C=N–C) groups is 1. The number of Topliss-reactive ketones (excluding diaryl/α,β-unsaturated/α-hetero) is 1. The van der Waals surface area contributed by atoms with Gasteiger partial charge in [0, 0.05) is 42.3 Å². The molecule has 10 nitrogen and oxygen atoms in total. The van der Waals surface area contributed by atoms with Crippen LogP contribution in [-0.4, -0.2) is 36.6 Å². The number of nitrogens with two attached hydrogens (primary N) is 2. The topological polar surface area (TPSA) is 159 Å². The van der Waals surface area contributed by atoms with Gasteiger partial charge in [0.25, 0.3) is 0 Å². The number of fused-ring (bicyclic) bond motifs is 1. The highest BCUT2D eigenvalue weighted by molar-refractivity contribution is 6.04. The Morgan fingerprint density at radius 3 is 2.75 bits per heavy atom. The van der Waals surface area contributed by atoms with Crippen molar-refractivity contribution < 1.29 is 9.32 Å². The van der Waals surface area contributed by atoms with Gasteiger partial charge in [-0.2, -0.15) is 0 Å². The third-order valence-electron chi connectivity index (χ3n) is 5.36. The van der Waals surface area contributed by atoms with Gasteiger partial charge in [-0.1, -0.05) is 32.9 Å². The predicted molar refractivity (Wildman–Crippen MR) is 119 cm³/mol. The molecule has 0 bridgehead atoms. The number of hydrogen-bond acceptors (Lipinski definition) is 10. The standard InChI is InChI=1S/C22H26N8O2/c1-11(5-17(31)19-12(8-23)20(24)27-10-26-19)18-7-15(30-32-18)13-6-14-16(28-13)9-25-21(29-14)22(2,3)4/h7,9-11H,5-6,8,23H2,1-4H3,(H2,24,26,27)/t11-/m0/s1. The van der Waals surface area contributed by atoms with Crippen LogP contribution in [0.1, 0.15) is 79.1 Å². The molecule has 0 saturated carbocycles. The van der Waals surface area contributed by atoms with E-state index in [2.05, 4.69) is 50.9 Å². The minimum atomic E-state index is -0.220. The number of nitrogens with zero attached hydrogens (tertiary/aromatic N) is 6. The Balaban J connectivity index is 1.48. The van der Waals surface area contributed by atoms with Crippen LogP contribution in [0.15, 0.2) is 28.1 Å². The smallest absolute Gasteiger partial charge is 0.182 e. The van der Waals surface area contributed by atoms with Crippen LogP contribution < -0.4 is 11.5 Å². The summed E-state index contributed by atoms with van der Waals surface area (Å²) in [5.74, 6) is 1.19. The van der Waals surface area contributed by atoms with Crippen molar-refractivity contribution in [2.75, 3.05) is 5.73 Å². The number of carbonyl (C=O) groups is 1. The molecule has 1 aliphatic heterocycles. The predicted octanol–water partition coefficient (Wildman–Crippen LogP) is 2.65. The molecule has 3 aromatic rings. The number of rotatable bonds is 6. The normalized spacial score (nSPS) is 14.2. The molecule has 32 heavy (non-hydrogen) atoms. The van der Waals surface area contributed by atoms with Gasteiger partial charge in [0.05, 0.1) is 17.6 Å². The first-order valence-electron chi connectivity index (χ1n) is 10.4. The van der Waals surface area contributed by atoms with Gasteiger partial charge in [0.1, 0.15) is 40.8 Å². The number of aromatic nitrogens is 5. The Morgan fingerprint density at radius 2 is 2.03 bits per heavy atom. The van der Waals surface area contributed by atoms with Crippen LogP contribution >= 0.6 is 0 Å². The molecule has 4 N–H and O–H groups in total. The molecule has 1 aliphatic rings. The molecule has 1 atom stereocenters. The van der Waals surface area contributed by atoms with Gasteiger partial charge >= 0.3 is 0 Å². The molecule has 10 heteroatoms. The highest BCUT2D eigenvalue weighted by Crippen LogP contribution is 2.30. The summed E-state index contributed by atoms with van der Waals surface area (Å²) in [5.41, 5.74) is 15.1. The monoisotopic (exact) mass is 434 g/mol. The molecule has 4 rings (SSSR count). The molecule has 0 spiro atoms. The fourth-order valence-electron chi connectivity index (χ4n) is 3.49. The lowest BCUT2D eigenvalue weighted by Gasteiger charge is -2.16. The number of anilines is 1. The van der Waals surface area contributed by atoms with Crippen molar-refractivity contribution >= 4 is 23.0 Å². The Kier molecular flexibility index (Phi) is 5.55. The van der Waals surface area contributed by atoms with E-state index in [9.17, 15) is 4.79 Å². The van der Waals surface area contributed by atoms with E-state index < -0.39 is 0 Å². The van der Waals surface area contributed by atoms with E-state index in [1.54, 1.807) is 6.20 Å². The van der Waals surface area contributed by atoms with E-state index in [0.717, 1.165) is 22.9 Å². The molecule has 166 valence electrons. The van der Waals surface area contributed by atoms with Crippen molar-refractivity contribution in [2.24, 2.45) is 10.7 Å². The summed E-state index contributed by atoms with van der Waals surface area (Å²) >= 11 is 0. The van der Waals surface area contributed by atoms with Crippen molar-refractivity contribution in [3.8, 4) is 0 Å². The number of carbonyl (C=O) groups excluding carboxylic acids is 1. The van der Waals surface area contributed by atoms with Gasteiger partial charge in [0.15, 0.2) is 5.78 Å². The molecule has 0 aliphatic carbocycles. The molecule has 4 heterocycles. The van der Waals surface area contributed by atoms with Crippen molar-refractivity contribution in [3.63, 3.8) is 0 Å². The summed E-state index contributed by atoms with van der Waals surface area (Å²) in [7, 11) is 0. The van der Waals surface area contributed by atoms with Crippen LogP contribution in [0.2, 0.25) is 0 Å². The largest absolute Gasteiger partial charge is 0.383 e. The molecule has 3 aromatic heterocycles. The zero-order chi connectivity index (χ0) is 23.0. The zero-order valence-corrected chi connectivity index (χ0v) is 18.6. The van der Waals surface area contributed by atoms with Crippen LogP contribution in [0.25, 0.3) is 0 Å². The van der Waals surface area contributed by atoms with Crippen LogP contribution in [0.5, 0.6) is 0 Å². The Morgan fingerprint density at radius 1 is 1.25 bits per heavy atom. The fraction of sp³-hybridized carbons (Fsp3) is 0.409. The van der Waals surface area contributed by atoms with Gasteiger partial charge in [-0.15, -0.1) is 0 Å². The average Bonchev–Trinajstić information content (AvgIpc) is 3.39. The maximum atomic E-state index is 12.8. The third-order valence-corrected chi connectivity index (χ3v) is 5.36. The molecule has 0 unspecified atom stereocenters. The van der Waals surface area contributed by atoms with Crippen LogP contribution in [0.4, 0.5) is 11.5 Å². The van der Waals surface area contributed by atoms with E-state index in [1.165, 1.54) is 6.33 Å². The second kappa shape index (κ2) is 8.19. The molecular weight excluding hydrogens is 408 g/mol. The molecule has 0 radical (unpaired) electrons. The van der Waals surface area contributed by atoms with Crippen LogP contribution in [0.3, 0.4) is 0 Å². The molecule has 0 aromatic carbocycles. The summed E-state index contributed by atoms with van der Waals surface area (Å²) in [5, 5.41) is 4.17. The summed E-state index contributed by atoms with van der Waals surface area (Å²) in [6.45, 7) is 8.20. The van der Waals surface area contributed by atoms with Gasteiger partial charge < -0.3 is 16.0 Å². The van der Waals surface area contributed by atoms with Crippen molar-refractivity contribution in [2.45, 2.75) is 58.4 Å². The minimum absolute atomic E-state index is 0.0921. The van der Waals surface area contributed by atoms with E-state index in [1.807, 2.05) is 13.0 Å².